The Balaban J connectivity index is 3.32. The second-order valence-electron chi connectivity index (χ2n) is 2.82. The number of carbonyl (C=O) groups excluding carboxylic acids is 1. The molecular formula is C10H11N3O3. The minimum atomic E-state index is -0.747. The summed E-state index contributed by atoms with van der Waals surface area (Å²) >= 11 is 0. The fraction of sp³-hybridized carbons (Fsp3) is 0.200. The first kappa shape index (κ1) is 11.7. The summed E-state index contributed by atoms with van der Waals surface area (Å²) in [7, 11) is 2.87. The van der Waals surface area contributed by atoms with Crippen molar-refractivity contribution >= 4 is 11.7 Å². The number of amides is 2. The summed E-state index contributed by atoms with van der Waals surface area (Å²) in [6.45, 7) is 0. The van der Waals surface area contributed by atoms with Gasteiger partial charge < -0.3 is 20.5 Å². The van der Waals surface area contributed by atoms with Gasteiger partial charge in [-0.3, -0.25) is 0 Å². The van der Waals surface area contributed by atoms with E-state index in [4.69, 9.17) is 20.5 Å². The van der Waals surface area contributed by atoms with Crippen LogP contribution in [-0.2, 0) is 0 Å². The maximum atomic E-state index is 10.7. The molecule has 0 aromatic heterocycles. The normalized spacial score (nSPS) is 9.06. The van der Waals surface area contributed by atoms with Crippen molar-refractivity contribution in [3.8, 4) is 17.6 Å². The van der Waals surface area contributed by atoms with Crippen LogP contribution in [0.2, 0.25) is 0 Å². The van der Waals surface area contributed by atoms with Gasteiger partial charge in [0.15, 0.2) is 11.5 Å². The Labute approximate surface area is 92.6 Å². The number of benzene rings is 1. The molecule has 0 saturated carbocycles. The summed E-state index contributed by atoms with van der Waals surface area (Å²) in [5, 5.41) is 11.3. The molecule has 0 radical (unpaired) electrons. The Morgan fingerprint density at radius 2 is 2.12 bits per heavy atom. The minimum absolute atomic E-state index is 0.167. The number of nitrogens with two attached hydrogens (primary N) is 1. The molecule has 6 heteroatoms. The van der Waals surface area contributed by atoms with Gasteiger partial charge in [-0.1, -0.05) is 0 Å². The zero-order chi connectivity index (χ0) is 12.1. The van der Waals surface area contributed by atoms with Gasteiger partial charge in [0, 0.05) is 0 Å². The van der Waals surface area contributed by atoms with Crippen molar-refractivity contribution in [2.75, 3.05) is 19.5 Å². The SMILES string of the molecule is COc1ccc(NC(N)=O)c(C#N)c1OC. The summed E-state index contributed by atoms with van der Waals surface area (Å²) < 4.78 is 10.1. The number of nitrogens with one attached hydrogen (secondary N) is 1. The molecule has 2 amide bonds. The number of hydrogen-bond acceptors (Lipinski definition) is 4. The third-order valence-corrected chi connectivity index (χ3v) is 1.92. The summed E-state index contributed by atoms with van der Waals surface area (Å²) in [6, 6.07) is 4.27. The van der Waals surface area contributed by atoms with Crippen molar-refractivity contribution < 1.29 is 14.3 Å². The molecule has 0 spiro atoms. The third-order valence-electron chi connectivity index (χ3n) is 1.92. The van der Waals surface area contributed by atoms with Gasteiger partial charge in [0.05, 0.1) is 19.9 Å². The van der Waals surface area contributed by atoms with Crippen LogP contribution < -0.4 is 20.5 Å². The van der Waals surface area contributed by atoms with Crippen molar-refractivity contribution in [2.24, 2.45) is 5.73 Å². The number of carbonyl (C=O) groups is 1. The quantitative estimate of drug-likeness (QED) is 0.797. The third kappa shape index (κ3) is 2.15. The predicted octanol–water partition coefficient (Wildman–Crippen LogP) is 1.07. The van der Waals surface area contributed by atoms with Crippen LogP contribution in [0.4, 0.5) is 10.5 Å². The molecule has 1 aromatic rings. The Morgan fingerprint density at radius 1 is 1.44 bits per heavy atom. The second kappa shape index (κ2) is 4.89. The Morgan fingerprint density at radius 3 is 2.56 bits per heavy atom. The lowest BCUT2D eigenvalue weighted by atomic mass is 10.1. The van der Waals surface area contributed by atoms with E-state index in [1.807, 2.05) is 6.07 Å². The first-order valence-electron chi connectivity index (χ1n) is 4.35. The summed E-state index contributed by atoms with van der Waals surface area (Å²) in [5.74, 6) is 0.672. The van der Waals surface area contributed by atoms with Gasteiger partial charge in [-0.2, -0.15) is 5.26 Å². The largest absolute Gasteiger partial charge is 0.493 e. The van der Waals surface area contributed by atoms with Crippen LogP contribution in [0, 0.1) is 11.3 Å². The van der Waals surface area contributed by atoms with Gasteiger partial charge in [-0.15, -0.1) is 0 Å². The highest BCUT2D eigenvalue weighted by atomic mass is 16.5. The van der Waals surface area contributed by atoms with E-state index in [1.54, 1.807) is 6.07 Å². The lowest BCUT2D eigenvalue weighted by Crippen LogP contribution is -2.20. The van der Waals surface area contributed by atoms with Crippen LogP contribution in [0.25, 0.3) is 0 Å². The number of nitrogens with zero attached hydrogens (tertiary/aromatic N) is 1. The number of ether oxygens (including phenoxy) is 2. The smallest absolute Gasteiger partial charge is 0.316 e. The Bertz CT molecular complexity index is 451. The van der Waals surface area contributed by atoms with E-state index in [9.17, 15) is 4.79 Å². The fourth-order valence-corrected chi connectivity index (χ4v) is 1.27. The standard InChI is InChI=1S/C10H11N3O3/c1-15-8-4-3-7(13-10(12)14)6(5-11)9(8)16-2/h3-4H,1-2H3,(H3,12,13,14). The summed E-state index contributed by atoms with van der Waals surface area (Å²) in [4.78, 5) is 10.7. The molecule has 0 fully saturated rings. The average molecular weight is 221 g/mol. The van der Waals surface area contributed by atoms with Crippen molar-refractivity contribution in [1.29, 1.82) is 5.26 Å². The van der Waals surface area contributed by atoms with E-state index in [1.165, 1.54) is 20.3 Å². The number of nitriles is 1. The van der Waals surface area contributed by atoms with Crippen LogP contribution in [0.1, 0.15) is 5.56 Å². The molecule has 6 nitrogen and oxygen atoms in total. The zero-order valence-corrected chi connectivity index (χ0v) is 8.90. The highest BCUT2D eigenvalue weighted by molar-refractivity contribution is 5.90. The van der Waals surface area contributed by atoms with Crippen molar-refractivity contribution in [3.63, 3.8) is 0 Å². The van der Waals surface area contributed by atoms with Crippen molar-refractivity contribution in [3.05, 3.63) is 17.7 Å². The number of anilines is 1. The highest BCUT2D eigenvalue weighted by Crippen LogP contribution is 2.35. The van der Waals surface area contributed by atoms with Gasteiger partial charge in [-0.25, -0.2) is 4.79 Å². The van der Waals surface area contributed by atoms with Gasteiger partial charge in [-0.05, 0) is 12.1 Å². The first-order chi connectivity index (χ1) is 7.63. The van der Waals surface area contributed by atoms with Crippen LogP contribution in [0.5, 0.6) is 11.5 Å². The van der Waals surface area contributed by atoms with Crippen LogP contribution in [0.15, 0.2) is 12.1 Å². The average Bonchev–Trinajstić information content (AvgIpc) is 2.27. The molecule has 0 aliphatic rings. The van der Waals surface area contributed by atoms with Gasteiger partial charge in [0.2, 0.25) is 0 Å². The molecule has 0 unspecified atom stereocenters. The minimum Gasteiger partial charge on any atom is -0.493 e. The molecule has 84 valence electrons. The van der Waals surface area contributed by atoms with E-state index in [2.05, 4.69) is 5.32 Å². The molecule has 1 aromatic carbocycles. The topological polar surface area (TPSA) is 97.4 Å². The molecule has 0 bridgehead atoms. The summed E-state index contributed by atoms with van der Waals surface area (Å²) in [5.41, 5.74) is 5.43. The Hall–Kier alpha value is -2.42. The maximum absolute atomic E-state index is 10.7. The molecule has 0 aliphatic heterocycles. The summed E-state index contributed by atoms with van der Waals surface area (Å²) in [6.07, 6.45) is 0. The van der Waals surface area contributed by atoms with E-state index < -0.39 is 6.03 Å². The predicted molar refractivity (Wildman–Crippen MR) is 57.5 cm³/mol. The molecule has 16 heavy (non-hydrogen) atoms. The number of hydrogen-bond donors (Lipinski definition) is 2. The monoisotopic (exact) mass is 221 g/mol. The lowest BCUT2D eigenvalue weighted by molar-refractivity contribution is 0.259. The highest BCUT2D eigenvalue weighted by Gasteiger charge is 2.15. The molecule has 0 atom stereocenters. The van der Waals surface area contributed by atoms with Crippen LogP contribution >= 0.6 is 0 Å². The molecule has 1 rings (SSSR count). The zero-order valence-electron chi connectivity index (χ0n) is 8.90. The van der Waals surface area contributed by atoms with Gasteiger partial charge in [0.1, 0.15) is 11.6 Å². The number of primary amides is 1. The molecule has 3 N–H and O–H groups in total. The van der Waals surface area contributed by atoms with Crippen LogP contribution in [0.3, 0.4) is 0 Å². The van der Waals surface area contributed by atoms with Crippen molar-refractivity contribution in [2.45, 2.75) is 0 Å². The van der Waals surface area contributed by atoms with Crippen molar-refractivity contribution in [1.82, 2.24) is 0 Å². The first-order valence-corrected chi connectivity index (χ1v) is 4.35. The molecular weight excluding hydrogens is 210 g/mol. The second-order valence-corrected chi connectivity index (χ2v) is 2.82. The Kier molecular flexibility index (Phi) is 3.56. The lowest BCUT2D eigenvalue weighted by Gasteiger charge is -2.12. The number of urea groups is 1. The molecule has 0 heterocycles. The number of methoxy groups -OCH3 is 2. The van der Waals surface area contributed by atoms with Gasteiger partial charge >= 0.3 is 6.03 Å². The van der Waals surface area contributed by atoms with E-state index in [-0.39, 0.29) is 17.0 Å². The van der Waals surface area contributed by atoms with E-state index in [0.29, 0.717) is 5.75 Å². The van der Waals surface area contributed by atoms with Gasteiger partial charge in [0.25, 0.3) is 0 Å². The number of rotatable bonds is 3. The molecule has 0 saturated heterocycles. The maximum Gasteiger partial charge on any atom is 0.316 e. The molecule has 0 aliphatic carbocycles. The fourth-order valence-electron chi connectivity index (χ4n) is 1.27. The van der Waals surface area contributed by atoms with E-state index in [0.717, 1.165) is 0 Å². The van der Waals surface area contributed by atoms with Crippen LogP contribution in [-0.4, -0.2) is 20.3 Å². The van der Waals surface area contributed by atoms with E-state index >= 15 is 0 Å².